The Bertz CT molecular complexity index is 1150. The lowest BCUT2D eigenvalue weighted by atomic mass is 9.80. The molecule has 19 nitrogen and oxygen atoms in total. The second kappa shape index (κ2) is 12.2. The summed E-state index contributed by atoms with van der Waals surface area (Å²) in [6.07, 6.45) is -16.3. The average Bonchev–Trinajstić information content (AvgIpc) is 2.72. The lowest BCUT2D eigenvalue weighted by Gasteiger charge is -2.48. The van der Waals surface area contributed by atoms with E-state index >= 15 is 0 Å². The van der Waals surface area contributed by atoms with Gasteiger partial charge in [0.15, 0.2) is 0 Å². The molecule has 0 amide bonds. The fourth-order valence-electron chi connectivity index (χ4n) is 4.34. The van der Waals surface area contributed by atoms with Crippen molar-refractivity contribution in [2.45, 2.75) is 75.1 Å². The molecular weight excluding hydrogens is 590 g/mol. The zero-order valence-electron chi connectivity index (χ0n) is 19.6. The van der Waals surface area contributed by atoms with E-state index < -0.39 is 117 Å². The molecule has 8 N–H and O–H groups in total. The molecule has 10 atom stereocenters. The number of ether oxygens (including phenoxy) is 2. The molecule has 1 saturated carbocycles. The van der Waals surface area contributed by atoms with E-state index in [1.54, 1.807) is 4.72 Å². The highest BCUT2D eigenvalue weighted by molar-refractivity contribution is 7.83. The summed E-state index contributed by atoms with van der Waals surface area (Å²) in [6, 6.07) is -1.70. The van der Waals surface area contributed by atoms with Gasteiger partial charge in [0, 0.05) is 0 Å². The number of rotatable bonds is 11. The largest absolute Gasteiger partial charge is 0.481 e. The smallest absolute Gasteiger partial charge is 0.397 e. The van der Waals surface area contributed by atoms with Gasteiger partial charge >= 0.3 is 37.1 Å². The summed E-state index contributed by atoms with van der Waals surface area (Å²) in [4.78, 5) is 11.6. The monoisotopic (exact) mass is 619 g/mol. The third kappa shape index (κ3) is 8.95. The number of carboxylic acid groups (broad SMARTS) is 1. The van der Waals surface area contributed by atoms with Crippen molar-refractivity contribution in [3.05, 3.63) is 0 Å². The van der Waals surface area contributed by atoms with Gasteiger partial charge in [-0.2, -0.15) is 30.0 Å². The number of aliphatic carboxylic acids is 1. The standard InChI is InChI=1S/C16H29NO18S3/c1-5(2)13-9(17-36(23,24)25)11(19)14(8(34-13)4-32-37(26,27)28)33-7-3-6(16(21)22)10(18)12(20)15(7)35-38(29,30)31/h5-15,17-20H,3-4H2,1-2H3,(H,21,22)(H,23,24,25)(H,26,27,28)(H,29,30,31). The number of aliphatic hydroxyl groups excluding tert-OH is 3. The van der Waals surface area contributed by atoms with Gasteiger partial charge in [-0.1, -0.05) is 13.8 Å². The van der Waals surface area contributed by atoms with Crippen LogP contribution in [0.25, 0.3) is 0 Å². The molecule has 10 unspecified atom stereocenters. The van der Waals surface area contributed by atoms with Crippen LogP contribution in [0.2, 0.25) is 0 Å². The van der Waals surface area contributed by atoms with Crippen molar-refractivity contribution < 1.29 is 82.0 Å². The first-order valence-electron chi connectivity index (χ1n) is 10.7. The van der Waals surface area contributed by atoms with Gasteiger partial charge in [0.1, 0.15) is 30.5 Å². The molecular formula is C16H29NO18S3. The third-order valence-corrected chi connectivity index (χ3v) is 7.38. The SMILES string of the molecule is CC(C)C1OC(COS(=O)(=O)O)C(OC2CC(C(=O)O)C(O)C(O)C2OS(=O)(=O)O)C(O)C1NS(=O)(=O)O. The van der Waals surface area contributed by atoms with E-state index in [-0.39, 0.29) is 0 Å². The fourth-order valence-corrected chi connectivity index (χ4v) is 5.78. The molecule has 0 radical (unpaired) electrons. The van der Waals surface area contributed by atoms with Gasteiger partial charge in [0.25, 0.3) is 0 Å². The Morgan fingerprint density at radius 3 is 1.97 bits per heavy atom. The summed E-state index contributed by atoms with van der Waals surface area (Å²) in [5.41, 5.74) is 0. The average molecular weight is 620 g/mol. The molecule has 1 aliphatic carbocycles. The first-order chi connectivity index (χ1) is 17.1. The quantitative estimate of drug-likeness (QED) is 0.102. The molecule has 0 aromatic rings. The zero-order valence-corrected chi connectivity index (χ0v) is 22.1. The molecule has 0 bridgehead atoms. The highest BCUT2D eigenvalue weighted by Gasteiger charge is 2.54. The maximum Gasteiger partial charge on any atom is 0.397 e. The van der Waals surface area contributed by atoms with Gasteiger partial charge in [-0.25, -0.2) is 8.37 Å². The number of hydrogen-bond donors (Lipinski definition) is 8. The number of aliphatic hydroxyl groups is 3. The van der Waals surface area contributed by atoms with Crippen molar-refractivity contribution in [1.29, 1.82) is 0 Å². The molecule has 2 aliphatic rings. The lowest BCUT2D eigenvalue weighted by molar-refractivity contribution is -0.252. The van der Waals surface area contributed by atoms with Crippen LogP contribution in [0, 0.1) is 11.8 Å². The van der Waals surface area contributed by atoms with Crippen LogP contribution in [0.3, 0.4) is 0 Å². The van der Waals surface area contributed by atoms with Crippen molar-refractivity contribution in [1.82, 2.24) is 4.72 Å². The Labute approximate surface area is 217 Å². The van der Waals surface area contributed by atoms with Crippen LogP contribution in [0.4, 0.5) is 0 Å². The van der Waals surface area contributed by atoms with Gasteiger partial charge < -0.3 is 29.9 Å². The van der Waals surface area contributed by atoms with Crippen LogP contribution < -0.4 is 4.72 Å². The lowest BCUT2D eigenvalue weighted by Crippen LogP contribution is -2.67. The maximum atomic E-state index is 11.6. The van der Waals surface area contributed by atoms with Crippen molar-refractivity contribution in [2.24, 2.45) is 11.8 Å². The molecule has 0 aromatic carbocycles. The zero-order chi connectivity index (χ0) is 29.4. The van der Waals surface area contributed by atoms with Crippen LogP contribution in [0.5, 0.6) is 0 Å². The summed E-state index contributed by atoms with van der Waals surface area (Å²) in [6.45, 7) is 1.90. The number of nitrogens with one attached hydrogen (secondary N) is 1. The third-order valence-electron chi connectivity index (χ3n) is 5.91. The van der Waals surface area contributed by atoms with Crippen LogP contribution in [0.1, 0.15) is 20.3 Å². The van der Waals surface area contributed by atoms with Gasteiger partial charge in [-0.3, -0.25) is 18.5 Å². The molecule has 224 valence electrons. The number of hydrogen-bond acceptors (Lipinski definition) is 14. The van der Waals surface area contributed by atoms with Crippen molar-refractivity contribution in [3.8, 4) is 0 Å². The van der Waals surface area contributed by atoms with Crippen molar-refractivity contribution in [3.63, 3.8) is 0 Å². The molecule has 1 aliphatic heterocycles. The first-order valence-corrected chi connectivity index (χ1v) is 14.9. The molecule has 22 heteroatoms. The van der Waals surface area contributed by atoms with E-state index in [4.69, 9.17) is 18.6 Å². The predicted molar refractivity (Wildman–Crippen MR) is 118 cm³/mol. The Hall–Kier alpha value is -1.12. The topological polar surface area (TPSA) is 310 Å². The van der Waals surface area contributed by atoms with Crippen molar-refractivity contribution in [2.75, 3.05) is 6.61 Å². The Balaban J connectivity index is 2.53. The first kappa shape index (κ1) is 33.1. The Morgan fingerprint density at radius 2 is 1.53 bits per heavy atom. The summed E-state index contributed by atoms with van der Waals surface area (Å²) >= 11 is 0. The number of carboxylic acids is 1. The Kier molecular flexibility index (Phi) is 10.6. The molecule has 0 spiro atoms. The molecule has 2 fully saturated rings. The summed E-state index contributed by atoms with van der Waals surface area (Å²) in [5.74, 6) is -4.11. The van der Waals surface area contributed by atoms with Gasteiger partial charge in [0.05, 0.1) is 36.9 Å². The van der Waals surface area contributed by atoms with Crippen LogP contribution in [-0.2, 0) is 53.7 Å². The summed E-state index contributed by atoms with van der Waals surface area (Å²) in [5, 5.41) is 40.8. The summed E-state index contributed by atoms with van der Waals surface area (Å²) < 4.78 is 117. The fraction of sp³-hybridized carbons (Fsp3) is 0.938. The molecule has 2 rings (SSSR count). The minimum Gasteiger partial charge on any atom is -0.481 e. The second-order valence-electron chi connectivity index (χ2n) is 8.99. The molecule has 1 heterocycles. The Morgan fingerprint density at radius 1 is 0.947 bits per heavy atom. The van der Waals surface area contributed by atoms with Crippen molar-refractivity contribution >= 4 is 37.1 Å². The van der Waals surface area contributed by atoms with Gasteiger partial charge in [0.2, 0.25) is 0 Å². The number of carbonyl (C=O) groups is 1. The summed E-state index contributed by atoms with van der Waals surface area (Å²) in [7, 11) is -15.5. The van der Waals surface area contributed by atoms with Crippen LogP contribution >= 0.6 is 0 Å². The van der Waals surface area contributed by atoms with E-state index in [1.807, 2.05) is 0 Å². The van der Waals surface area contributed by atoms with E-state index in [0.29, 0.717) is 0 Å². The van der Waals surface area contributed by atoms with E-state index in [1.165, 1.54) is 13.8 Å². The van der Waals surface area contributed by atoms with Gasteiger partial charge in [-0.05, 0) is 12.3 Å². The van der Waals surface area contributed by atoms with Crippen LogP contribution in [0.15, 0.2) is 0 Å². The minimum absolute atomic E-state index is 0.628. The van der Waals surface area contributed by atoms with Crippen LogP contribution in [-0.4, -0.2) is 127 Å². The minimum atomic E-state index is -5.36. The van der Waals surface area contributed by atoms with E-state index in [2.05, 4.69) is 8.37 Å². The van der Waals surface area contributed by atoms with E-state index in [0.717, 1.165) is 0 Å². The maximum absolute atomic E-state index is 11.6. The predicted octanol–water partition coefficient (Wildman–Crippen LogP) is -3.88. The normalized spacial score (nSPS) is 37.3. The second-order valence-corrected chi connectivity index (χ2v) is 12.3. The highest BCUT2D eigenvalue weighted by atomic mass is 32.3. The molecule has 38 heavy (non-hydrogen) atoms. The highest BCUT2D eigenvalue weighted by Crippen LogP contribution is 2.35. The van der Waals surface area contributed by atoms with E-state index in [9.17, 15) is 55.0 Å². The molecule has 0 aromatic heterocycles. The van der Waals surface area contributed by atoms with Gasteiger partial charge in [-0.15, -0.1) is 0 Å². The molecule has 1 saturated heterocycles.